The predicted molar refractivity (Wildman–Crippen MR) is 119 cm³/mol. The van der Waals surface area contributed by atoms with Crippen LogP contribution in [0.2, 0.25) is 0 Å². The van der Waals surface area contributed by atoms with Crippen LogP contribution in [-0.2, 0) is 11.3 Å². The van der Waals surface area contributed by atoms with Crippen LogP contribution in [0.5, 0.6) is 0 Å². The van der Waals surface area contributed by atoms with Crippen LogP contribution in [0.4, 0.5) is 5.69 Å². The quantitative estimate of drug-likeness (QED) is 0.443. The Morgan fingerprint density at radius 1 is 1.19 bits per heavy atom. The average molecular weight is 455 g/mol. The largest absolute Gasteiger partial charge is 0.456 e. The summed E-state index contributed by atoms with van der Waals surface area (Å²) in [7, 11) is 0. The number of fused-ring (bicyclic) bond motifs is 1. The molecule has 31 heavy (non-hydrogen) atoms. The minimum atomic E-state index is -0.551. The lowest BCUT2D eigenvalue weighted by atomic mass is 10.2. The Kier molecular flexibility index (Phi) is 5.92. The molecule has 0 aliphatic heterocycles. The lowest BCUT2D eigenvalue weighted by Gasteiger charge is -2.06. The van der Waals surface area contributed by atoms with Gasteiger partial charge < -0.3 is 10.1 Å². The second-order valence-electron chi connectivity index (χ2n) is 6.96. The van der Waals surface area contributed by atoms with Crippen LogP contribution < -0.4 is 10.9 Å². The van der Waals surface area contributed by atoms with E-state index in [9.17, 15) is 14.4 Å². The van der Waals surface area contributed by atoms with Crippen LogP contribution in [0.1, 0.15) is 50.5 Å². The minimum Gasteiger partial charge on any atom is -0.456 e. The van der Waals surface area contributed by atoms with Crippen molar-refractivity contribution in [1.29, 1.82) is 0 Å². The van der Waals surface area contributed by atoms with Crippen molar-refractivity contribution in [1.82, 2.24) is 14.6 Å². The highest BCUT2D eigenvalue weighted by Crippen LogP contribution is 2.20. The molecule has 158 valence electrons. The molecule has 10 heteroatoms. The first-order valence-electron chi connectivity index (χ1n) is 9.42. The first-order valence-corrected chi connectivity index (χ1v) is 11.1. The monoisotopic (exact) mass is 454 g/mol. The molecule has 1 N–H and O–H groups in total. The standard InChI is InChI=1S/C21H18N4O4S2/c1-12(2)19-24-25-17(26)10-15(23-21(25)31-19)11-29-20(28)13-5-7-14(8-6-13)22-18(27)16-4-3-9-30-16/h3-10,12H,11H2,1-2H3,(H,22,27). The van der Waals surface area contributed by atoms with Gasteiger partial charge in [-0.3, -0.25) is 9.59 Å². The molecular weight excluding hydrogens is 436 g/mol. The summed E-state index contributed by atoms with van der Waals surface area (Å²) >= 11 is 2.68. The van der Waals surface area contributed by atoms with E-state index in [2.05, 4.69) is 15.4 Å². The van der Waals surface area contributed by atoms with Crippen LogP contribution in [-0.4, -0.2) is 26.5 Å². The number of amides is 1. The molecule has 0 atom stereocenters. The Bertz CT molecular complexity index is 1290. The summed E-state index contributed by atoms with van der Waals surface area (Å²) in [5.41, 5.74) is 0.940. The third-order valence-electron chi connectivity index (χ3n) is 4.28. The van der Waals surface area contributed by atoms with Gasteiger partial charge in [0.15, 0.2) is 0 Å². The van der Waals surface area contributed by atoms with Crippen molar-refractivity contribution in [2.75, 3.05) is 5.32 Å². The smallest absolute Gasteiger partial charge is 0.338 e. The normalized spacial score (nSPS) is 11.1. The molecular formula is C21H18N4O4S2. The molecule has 0 unspecified atom stereocenters. The Balaban J connectivity index is 1.40. The fourth-order valence-corrected chi connectivity index (χ4v) is 4.24. The van der Waals surface area contributed by atoms with Gasteiger partial charge in [0, 0.05) is 17.7 Å². The van der Waals surface area contributed by atoms with Gasteiger partial charge in [0.05, 0.1) is 16.1 Å². The third-order valence-corrected chi connectivity index (χ3v) is 6.36. The summed E-state index contributed by atoms with van der Waals surface area (Å²) in [6.07, 6.45) is 0. The van der Waals surface area contributed by atoms with Crippen LogP contribution in [0.15, 0.2) is 52.6 Å². The SMILES string of the molecule is CC(C)c1nn2c(=O)cc(COC(=O)c3ccc(NC(=O)c4cccs4)cc3)nc2s1. The molecule has 0 aliphatic rings. The van der Waals surface area contributed by atoms with Crippen molar-refractivity contribution in [3.63, 3.8) is 0 Å². The van der Waals surface area contributed by atoms with Gasteiger partial charge in [-0.15, -0.1) is 11.3 Å². The molecule has 0 aliphatic carbocycles. The molecule has 3 heterocycles. The number of nitrogens with zero attached hydrogens (tertiary/aromatic N) is 3. The molecule has 4 rings (SSSR count). The highest BCUT2D eigenvalue weighted by molar-refractivity contribution is 7.16. The van der Waals surface area contributed by atoms with Crippen LogP contribution in [0.25, 0.3) is 4.96 Å². The van der Waals surface area contributed by atoms with Crippen LogP contribution in [0, 0.1) is 0 Å². The summed E-state index contributed by atoms with van der Waals surface area (Å²) in [6.45, 7) is 3.85. The number of ether oxygens (including phenoxy) is 1. The van der Waals surface area contributed by atoms with E-state index in [1.807, 2.05) is 19.2 Å². The third kappa shape index (κ3) is 4.70. The molecule has 0 fully saturated rings. The van der Waals surface area contributed by atoms with Gasteiger partial charge in [-0.25, -0.2) is 9.78 Å². The molecule has 1 amide bonds. The number of anilines is 1. The van der Waals surface area contributed by atoms with Crippen molar-refractivity contribution in [3.8, 4) is 0 Å². The van der Waals surface area contributed by atoms with Gasteiger partial charge in [0.1, 0.15) is 11.6 Å². The van der Waals surface area contributed by atoms with Gasteiger partial charge in [0.25, 0.3) is 11.5 Å². The zero-order valence-electron chi connectivity index (χ0n) is 16.7. The van der Waals surface area contributed by atoms with Crippen molar-refractivity contribution < 1.29 is 14.3 Å². The number of carbonyl (C=O) groups excluding carboxylic acids is 2. The molecule has 0 radical (unpaired) electrons. The fourth-order valence-electron chi connectivity index (χ4n) is 2.69. The number of nitrogens with one attached hydrogen (secondary N) is 1. The van der Waals surface area contributed by atoms with Gasteiger partial charge in [-0.2, -0.15) is 9.61 Å². The zero-order valence-corrected chi connectivity index (χ0v) is 18.3. The van der Waals surface area contributed by atoms with E-state index in [-0.39, 0.29) is 24.0 Å². The van der Waals surface area contributed by atoms with E-state index in [1.54, 1.807) is 36.4 Å². The van der Waals surface area contributed by atoms with Gasteiger partial charge in [-0.05, 0) is 35.7 Å². The number of rotatable bonds is 6. The van der Waals surface area contributed by atoms with Crippen molar-refractivity contribution in [2.24, 2.45) is 0 Å². The summed E-state index contributed by atoms with van der Waals surface area (Å²) in [6, 6.07) is 11.2. The maximum atomic E-state index is 12.4. The molecule has 1 aromatic carbocycles. The average Bonchev–Trinajstić information content (AvgIpc) is 3.43. The molecule has 4 aromatic rings. The summed E-state index contributed by atoms with van der Waals surface area (Å²) in [4.78, 5) is 42.1. The summed E-state index contributed by atoms with van der Waals surface area (Å²) in [5.74, 6) is -0.572. The highest BCUT2D eigenvalue weighted by Gasteiger charge is 2.14. The van der Waals surface area contributed by atoms with Crippen molar-refractivity contribution in [3.05, 3.63) is 79.3 Å². The van der Waals surface area contributed by atoms with Gasteiger partial charge in [0.2, 0.25) is 4.96 Å². The topological polar surface area (TPSA) is 103 Å². The Morgan fingerprint density at radius 2 is 1.97 bits per heavy atom. The maximum absolute atomic E-state index is 12.4. The summed E-state index contributed by atoms with van der Waals surface area (Å²) < 4.78 is 6.56. The second-order valence-corrected chi connectivity index (χ2v) is 8.90. The molecule has 3 aromatic heterocycles. The van der Waals surface area contributed by atoms with Crippen LogP contribution in [0.3, 0.4) is 0 Å². The maximum Gasteiger partial charge on any atom is 0.338 e. The Labute approximate surface area is 185 Å². The second kappa shape index (κ2) is 8.78. The number of benzene rings is 1. The molecule has 8 nitrogen and oxygen atoms in total. The van der Waals surface area contributed by atoms with E-state index in [0.29, 0.717) is 26.8 Å². The number of hydrogen-bond acceptors (Lipinski definition) is 8. The summed E-state index contributed by atoms with van der Waals surface area (Å²) in [5, 5.41) is 9.67. The van der Waals surface area contributed by atoms with Crippen molar-refractivity contribution in [2.45, 2.75) is 26.4 Å². The van der Waals surface area contributed by atoms with Gasteiger partial charge >= 0.3 is 5.97 Å². The number of carbonyl (C=O) groups is 2. The zero-order chi connectivity index (χ0) is 22.0. The van der Waals surface area contributed by atoms with E-state index < -0.39 is 5.97 Å². The number of aromatic nitrogens is 3. The number of thiophene rings is 1. The van der Waals surface area contributed by atoms with E-state index in [4.69, 9.17) is 4.74 Å². The lowest BCUT2D eigenvalue weighted by Crippen LogP contribution is -2.17. The first kappa shape index (κ1) is 20.9. The number of hydrogen-bond donors (Lipinski definition) is 1. The van der Waals surface area contributed by atoms with E-state index in [1.165, 1.54) is 33.3 Å². The number of esters is 1. The lowest BCUT2D eigenvalue weighted by molar-refractivity contribution is 0.0467. The molecule has 0 saturated heterocycles. The van der Waals surface area contributed by atoms with E-state index >= 15 is 0 Å². The molecule has 0 spiro atoms. The Morgan fingerprint density at radius 3 is 2.65 bits per heavy atom. The Hall–Kier alpha value is -3.37. The van der Waals surface area contributed by atoms with Crippen molar-refractivity contribution >= 4 is 45.2 Å². The highest BCUT2D eigenvalue weighted by atomic mass is 32.1. The van der Waals surface area contributed by atoms with Gasteiger partial charge in [-0.1, -0.05) is 31.3 Å². The first-order chi connectivity index (χ1) is 14.9. The van der Waals surface area contributed by atoms with Crippen LogP contribution >= 0.6 is 22.7 Å². The van der Waals surface area contributed by atoms with E-state index in [0.717, 1.165) is 5.01 Å². The molecule has 0 bridgehead atoms. The fraction of sp³-hybridized carbons (Fsp3) is 0.190. The predicted octanol–water partition coefficient (Wildman–Crippen LogP) is 3.95. The molecule has 0 saturated carbocycles. The minimum absolute atomic E-state index is 0.129.